The molecule has 0 aliphatic carbocycles. The van der Waals surface area contributed by atoms with Crippen LogP contribution in [0.15, 0.2) is 28.1 Å². The fourth-order valence-electron chi connectivity index (χ4n) is 1.25. The lowest BCUT2D eigenvalue weighted by Gasteiger charge is -2.05. The molecule has 0 saturated carbocycles. The van der Waals surface area contributed by atoms with E-state index >= 15 is 0 Å². The van der Waals surface area contributed by atoms with Crippen LogP contribution in [0.1, 0.15) is 0 Å². The lowest BCUT2D eigenvalue weighted by atomic mass is 10.7. The second kappa shape index (κ2) is 4.53. The van der Waals surface area contributed by atoms with Crippen molar-refractivity contribution in [2.45, 2.75) is 4.90 Å². The number of hydrogen-bond donors (Lipinski definition) is 2. The van der Waals surface area contributed by atoms with Crippen LogP contribution in [-0.2, 0) is 17.1 Å². The molecular weight excluding hydrogens is 324 g/mol. The van der Waals surface area contributed by atoms with Gasteiger partial charge in [0.1, 0.15) is 9.50 Å². The van der Waals surface area contributed by atoms with Crippen molar-refractivity contribution < 1.29 is 8.42 Å². The largest absolute Gasteiger partial charge is 0.381 e. The summed E-state index contributed by atoms with van der Waals surface area (Å²) in [5, 5.41) is 3.76. The number of nitrogens with zero attached hydrogens (tertiary/aromatic N) is 4. The molecule has 0 radical (unpaired) electrons. The minimum atomic E-state index is -3.81. The molecular formula is C8H9BrN6O2S. The van der Waals surface area contributed by atoms with Gasteiger partial charge in [-0.25, -0.2) is 18.4 Å². The number of anilines is 2. The SMILES string of the molecule is Cn1cc(S(=O)(=O)Nc2cnc(Br)cn2)c(N)n1. The Hall–Kier alpha value is -1.68. The maximum Gasteiger partial charge on any atom is 0.268 e. The lowest BCUT2D eigenvalue weighted by molar-refractivity contribution is 0.601. The highest BCUT2D eigenvalue weighted by Crippen LogP contribution is 2.18. The topological polar surface area (TPSA) is 116 Å². The van der Waals surface area contributed by atoms with Gasteiger partial charge >= 0.3 is 0 Å². The van der Waals surface area contributed by atoms with Crippen molar-refractivity contribution in [2.75, 3.05) is 10.5 Å². The van der Waals surface area contributed by atoms with Gasteiger partial charge in [0.2, 0.25) is 0 Å². The van der Waals surface area contributed by atoms with Crippen molar-refractivity contribution in [3.05, 3.63) is 23.2 Å². The predicted octanol–water partition coefficient (Wildman–Crippen LogP) is 0.356. The van der Waals surface area contributed by atoms with E-state index in [2.05, 4.69) is 35.7 Å². The van der Waals surface area contributed by atoms with Gasteiger partial charge in [0.05, 0.1) is 12.4 Å². The fraction of sp³-hybridized carbons (Fsp3) is 0.125. The van der Waals surface area contributed by atoms with Gasteiger partial charge in [0.15, 0.2) is 11.6 Å². The van der Waals surface area contributed by atoms with Crippen LogP contribution in [0.3, 0.4) is 0 Å². The Labute approximate surface area is 111 Å². The molecule has 0 amide bonds. The zero-order valence-corrected chi connectivity index (χ0v) is 11.6. The minimum Gasteiger partial charge on any atom is -0.381 e. The van der Waals surface area contributed by atoms with Gasteiger partial charge in [-0.2, -0.15) is 5.10 Å². The molecule has 0 aliphatic rings. The van der Waals surface area contributed by atoms with Gasteiger partial charge in [-0.15, -0.1) is 0 Å². The summed E-state index contributed by atoms with van der Waals surface area (Å²) in [5.74, 6) is 0.0246. The summed E-state index contributed by atoms with van der Waals surface area (Å²) in [5.41, 5.74) is 5.51. The number of nitrogen functional groups attached to an aromatic ring is 1. The summed E-state index contributed by atoms with van der Waals surface area (Å²) in [7, 11) is -2.23. The number of aromatic nitrogens is 4. The molecule has 8 nitrogen and oxygen atoms in total. The smallest absolute Gasteiger partial charge is 0.268 e. The number of halogens is 1. The van der Waals surface area contributed by atoms with E-state index < -0.39 is 10.0 Å². The van der Waals surface area contributed by atoms with Gasteiger partial charge in [-0.1, -0.05) is 0 Å². The predicted molar refractivity (Wildman–Crippen MR) is 68.2 cm³/mol. The summed E-state index contributed by atoms with van der Waals surface area (Å²) in [6, 6.07) is 0. The Morgan fingerprint density at radius 2 is 2.11 bits per heavy atom. The molecule has 2 aromatic rings. The molecule has 3 N–H and O–H groups in total. The van der Waals surface area contributed by atoms with Crippen LogP contribution >= 0.6 is 15.9 Å². The number of rotatable bonds is 3. The molecule has 2 aromatic heterocycles. The lowest BCUT2D eigenvalue weighted by Crippen LogP contribution is -2.15. The van der Waals surface area contributed by atoms with Crippen LogP contribution in [0.5, 0.6) is 0 Å². The van der Waals surface area contributed by atoms with Crippen LogP contribution in [0.4, 0.5) is 11.6 Å². The maximum atomic E-state index is 12.0. The zero-order valence-electron chi connectivity index (χ0n) is 9.20. The molecule has 2 heterocycles. The summed E-state index contributed by atoms with van der Waals surface area (Å²) in [4.78, 5) is 7.62. The second-order valence-electron chi connectivity index (χ2n) is 3.38. The Morgan fingerprint density at radius 3 is 2.61 bits per heavy atom. The van der Waals surface area contributed by atoms with Crippen molar-refractivity contribution in [2.24, 2.45) is 7.05 Å². The maximum absolute atomic E-state index is 12.0. The van der Waals surface area contributed by atoms with Crippen molar-refractivity contribution >= 4 is 37.6 Å². The summed E-state index contributed by atoms with van der Waals surface area (Å²) in [6.45, 7) is 0. The van der Waals surface area contributed by atoms with Gasteiger partial charge in [-0.3, -0.25) is 9.40 Å². The molecule has 0 fully saturated rings. The molecule has 0 bridgehead atoms. The van der Waals surface area contributed by atoms with Crippen LogP contribution < -0.4 is 10.5 Å². The number of sulfonamides is 1. The van der Waals surface area contributed by atoms with E-state index in [9.17, 15) is 8.42 Å². The van der Waals surface area contributed by atoms with E-state index in [1.807, 2.05) is 0 Å². The monoisotopic (exact) mass is 332 g/mol. The standard InChI is InChI=1S/C8H9BrN6O2S/c1-15-4-5(8(10)13-15)18(16,17)14-7-3-11-6(9)2-12-7/h2-4H,1H3,(H2,10,13)(H,12,14). The Kier molecular flexibility index (Phi) is 3.22. The van der Waals surface area contributed by atoms with Crippen molar-refractivity contribution in [3.8, 4) is 0 Å². The number of aryl methyl sites for hydroxylation is 1. The molecule has 18 heavy (non-hydrogen) atoms. The van der Waals surface area contributed by atoms with Crippen LogP contribution in [0, 0.1) is 0 Å². The van der Waals surface area contributed by atoms with Gasteiger partial charge in [0.25, 0.3) is 10.0 Å². The molecule has 0 aromatic carbocycles. The quantitative estimate of drug-likeness (QED) is 0.838. The zero-order chi connectivity index (χ0) is 13.3. The summed E-state index contributed by atoms with van der Waals surface area (Å²) in [6.07, 6.45) is 3.97. The first-order valence-electron chi connectivity index (χ1n) is 4.68. The fourth-order valence-corrected chi connectivity index (χ4v) is 2.55. The molecule has 10 heteroatoms. The third-order valence-electron chi connectivity index (χ3n) is 1.97. The molecule has 0 saturated heterocycles. The van der Waals surface area contributed by atoms with E-state index in [1.165, 1.54) is 23.3 Å². The first-order chi connectivity index (χ1) is 8.38. The summed E-state index contributed by atoms with van der Waals surface area (Å²) >= 11 is 3.10. The first kappa shape index (κ1) is 12.8. The molecule has 96 valence electrons. The number of hydrogen-bond acceptors (Lipinski definition) is 6. The van der Waals surface area contributed by atoms with E-state index in [-0.39, 0.29) is 16.5 Å². The second-order valence-corrected chi connectivity index (χ2v) is 5.85. The Balaban J connectivity index is 2.33. The van der Waals surface area contributed by atoms with Crippen LogP contribution in [-0.4, -0.2) is 28.2 Å². The Morgan fingerprint density at radius 1 is 1.39 bits per heavy atom. The first-order valence-corrected chi connectivity index (χ1v) is 6.95. The molecule has 0 atom stereocenters. The minimum absolute atomic E-state index is 0.0740. The highest BCUT2D eigenvalue weighted by atomic mass is 79.9. The number of nitrogens with two attached hydrogens (primary N) is 1. The van der Waals surface area contributed by atoms with Crippen molar-refractivity contribution in [1.29, 1.82) is 0 Å². The summed E-state index contributed by atoms with van der Waals surface area (Å²) < 4.78 is 28.1. The molecule has 0 aliphatic heterocycles. The van der Waals surface area contributed by atoms with Gasteiger partial charge < -0.3 is 5.73 Å². The van der Waals surface area contributed by atoms with E-state index in [4.69, 9.17) is 5.73 Å². The molecule has 0 unspecified atom stereocenters. The molecule has 0 spiro atoms. The normalized spacial score (nSPS) is 11.4. The van der Waals surface area contributed by atoms with Crippen LogP contribution in [0.2, 0.25) is 0 Å². The van der Waals surface area contributed by atoms with Crippen molar-refractivity contribution in [3.63, 3.8) is 0 Å². The van der Waals surface area contributed by atoms with Crippen molar-refractivity contribution in [1.82, 2.24) is 19.7 Å². The van der Waals surface area contributed by atoms with Gasteiger partial charge in [-0.05, 0) is 15.9 Å². The Bertz CT molecular complexity index is 665. The molecule has 2 rings (SSSR count). The average molecular weight is 333 g/mol. The third kappa shape index (κ3) is 2.59. The van der Waals surface area contributed by atoms with E-state index in [0.717, 1.165) is 0 Å². The highest BCUT2D eigenvalue weighted by molar-refractivity contribution is 9.10. The van der Waals surface area contributed by atoms with Gasteiger partial charge in [0, 0.05) is 13.2 Å². The highest BCUT2D eigenvalue weighted by Gasteiger charge is 2.21. The average Bonchev–Trinajstić information content (AvgIpc) is 2.62. The van der Waals surface area contributed by atoms with Crippen LogP contribution in [0.25, 0.3) is 0 Å². The number of nitrogens with one attached hydrogen (secondary N) is 1. The third-order valence-corrected chi connectivity index (χ3v) is 3.75. The van der Waals surface area contributed by atoms with E-state index in [1.54, 1.807) is 7.05 Å². The van der Waals surface area contributed by atoms with E-state index in [0.29, 0.717) is 4.60 Å².